The third kappa shape index (κ3) is 2.75. The molecule has 0 saturated carbocycles. The summed E-state index contributed by atoms with van der Waals surface area (Å²) in [5.74, 6) is -0.804. The van der Waals surface area contributed by atoms with Gasteiger partial charge in [-0.3, -0.25) is 14.9 Å². The molecule has 0 fully saturated rings. The first-order valence-electron chi connectivity index (χ1n) is 7.18. The van der Waals surface area contributed by atoms with Crippen molar-refractivity contribution < 1.29 is 22.9 Å². The summed E-state index contributed by atoms with van der Waals surface area (Å²) in [5, 5.41) is 10.7. The van der Waals surface area contributed by atoms with E-state index in [1.54, 1.807) is 18.2 Å². The van der Waals surface area contributed by atoms with E-state index in [0.29, 0.717) is 0 Å². The maximum Gasteiger partial charge on any atom is 0.419 e. The number of nitro benzene ring substituents is 1. The number of hydrogen-bond donors (Lipinski definition) is 1. The van der Waals surface area contributed by atoms with Crippen molar-refractivity contribution in [1.82, 2.24) is 4.98 Å². The summed E-state index contributed by atoms with van der Waals surface area (Å²) < 4.78 is 41.3. The molecule has 0 aliphatic carbocycles. The molecule has 128 valence electrons. The number of hydrogen-bond acceptors (Lipinski definition) is 3. The average Bonchev–Trinajstić information content (AvgIpc) is 2.93. The Kier molecular flexibility index (Phi) is 3.82. The van der Waals surface area contributed by atoms with Crippen molar-refractivity contribution in [2.45, 2.75) is 13.1 Å². The lowest BCUT2D eigenvalue weighted by molar-refractivity contribution is -0.385. The predicted octanol–water partition coefficient (Wildman–Crippen LogP) is 4.96. The highest BCUT2D eigenvalue weighted by Crippen LogP contribution is 2.44. The molecular weight excluding hydrogens is 337 g/mol. The zero-order valence-electron chi connectivity index (χ0n) is 12.8. The molecule has 5 nitrogen and oxygen atoms in total. The van der Waals surface area contributed by atoms with E-state index in [9.17, 15) is 28.1 Å². The fourth-order valence-corrected chi connectivity index (χ4v) is 2.89. The minimum atomic E-state index is -4.80. The molecule has 25 heavy (non-hydrogen) atoms. The van der Waals surface area contributed by atoms with E-state index in [1.165, 1.54) is 18.2 Å². The Bertz CT molecular complexity index is 992. The van der Waals surface area contributed by atoms with Gasteiger partial charge in [0.15, 0.2) is 5.78 Å². The fourth-order valence-electron chi connectivity index (χ4n) is 2.89. The number of H-pyrrole nitrogens is 1. The number of nitrogens with one attached hydrogen (secondary N) is 1. The van der Waals surface area contributed by atoms with Crippen LogP contribution in [-0.4, -0.2) is 15.7 Å². The summed E-state index contributed by atoms with van der Waals surface area (Å²) in [5.41, 5.74) is -2.23. The first-order chi connectivity index (χ1) is 11.7. The van der Waals surface area contributed by atoms with E-state index in [0.717, 1.165) is 13.0 Å². The van der Waals surface area contributed by atoms with E-state index in [-0.39, 0.29) is 16.8 Å². The van der Waals surface area contributed by atoms with Crippen molar-refractivity contribution in [2.24, 2.45) is 0 Å². The SMILES string of the molecule is CC(=O)c1c([N+](=O)[O-])ccc2[nH]c(-c3ccccc3)c(C(F)(F)F)c12. The molecule has 0 amide bonds. The molecule has 0 spiro atoms. The van der Waals surface area contributed by atoms with Gasteiger partial charge in [0.05, 0.1) is 16.2 Å². The van der Waals surface area contributed by atoms with Crippen molar-refractivity contribution >= 4 is 22.4 Å². The number of nitro groups is 1. The molecule has 0 atom stereocenters. The highest BCUT2D eigenvalue weighted by molar-refractivity contribution is 6.12. The van der Waals surface area contributed by atoms with Crippen LogP contribution >= 0.6 is 0 Å². The molecule has 0 aliphatic heterocycles. The summed E-state index contributed by atoms with van der Waals surface area (Å²) in [6.07, 6.45) is -4.80. The van der Waals surface area contributed by atoms with Crippen molar-refractivity contribution in [1.29, 1.82) is 0 Å². The maximum atomic E-state index is 13.8. The second-order valence-electron chi connectivity index (χ2n) is 5.43. The summed E-state index contributed by atoms with van der Waals surface area (Å²) in [6, 6.07) is 10.0. The van der Waals surface area contributed by atoms with Crippen molar-refractivity contribution in [3.05, 3.63) is 63.7 Å². The number of benzene rings is 2. The highest BCUT2D eigenvalue weighted by Gasteiger charge is 2.40. The van der Waals surface area contributed by atoms with Gasteiger partial charge in [-0.25, -0.2) is 0 Å². The second-order valence-corrected chi connectivity index (χ2v) is 5.43. The summed E-state index contributed by atoms with van der Waals surface area (Å²) in [7, 11) is 0. The van der Waals surface area contributed by atoms with Gasteiger partial charge in [-0.15, -0.1) is 0 Å². The van der Waals surface area contributed by atoms with Crippen LogP contribution in [0.4, 0.5) is 18.9 Å². The van der Waals surface area contributed by atoms with Crippen LogP contribution in [0.1, 0.15) is 22.8 Å². The van der Waals surface area contributed by atoms with Gasteiger partial charge in [0.1, 0.15) is 5.56 Å². The smallest absolute Gasteiger partial charge is 0.354 e. The minimum absolute atomic E-state index is 0.0157. The monoisotopic (exact) mass is 348 g/mol. The summed E-state index contributed by atoms with van der Waals surface area (Å²) in [6.45, 7) is 1.01. The number of nitrogens with zero attached hydrogens (tertiary/aromatic N) is 1. The minimum Gasteiger partial charge on any atom is -0.354 e. The molecule has 3 aromatic rings. The number of fused-ring (bicyclic) bond motifs is 1. The van der Waals surface area contributed by atoms with Crippen molar-refractivity contribution in [3.63, 3.8) is 0 Å². The normalized spacial score (nSPS) is 11.7. The van der Waals surface area contributed by atoms with Gasteiger partial charge in [-0.1, -0.05) is 30.3 Å². The Hall–Kier alpha value is -3.16. The number of aromatic amines is 1. The molecule has 0 bridgehead atoms. The standard InChI is InChI=1S/C17H11F3N2O3/c1-9(23)13-12(22(24)25)8-7-11-14(13)15(17(18,19)20)16(21-11)10-5-3-2-4-6-10/h2-8,21H,1H3. The predicted molar refractivity (Wildman–Crippen MR) is 85.4 cm³/mol. The zero-order valence-corrected chi connectivity index (χ0v) is 12.8. The van der Waals surface area contributed by atoms with Crippen LogP contribution in [0.3, 0.4) is 0 Å². The zero-order chi connectivity index (χ0) is 18.4. The maximum absolute atomic E-state index is 13.8. The molecule has 8 heteroatoms. The molecule has 0 radical (unpaired) electrons. The highest BCUT2D eigenvalue weighted by atomic mass is 19.4. The number of halogens is 3. The van der Waals surface area contributed by atoms with E-state index in [4.69, 9.17) is 0 Å². The van der Waals surface area contributed by atoms with Gasteiger partial charge >= 0.3 is 6.18 Å². The molecule has 3 rings (SSSR count). The van der Waals surface area contributed by atoms with Gasteiger partial charge in [-0.2, -0.15) is 13.2 Å². The number of Topliss-reactive ketones (excluding diaryl/α,β-unsaturated/α-hetero) is 1. The molecule has 1 heterocycles. The first-order valence-corrected chi connectivity index (χ1v) is 7.18. The third-order valence-electron chi connectivity index (χ3n) is 3.84. The van der Waals surface area contributed by atoms with E-state index in [2.05, 4.69) is 4.98 Å². The molecule has 2 aromatic carbocycles. The fraction of sp³-hybridized carbons (Fsp3) is 0.118. The number of ketones is 1. The lowest BCUT2D eigenvalue weighted by Gasteiger charge is -2.10. The Morgan fingerprint density at radius 1 is 1.12 bits per heavy atom. The number of carbonyl (C=O) groups is 1. The van der Waals surface area contributed by atoms with Crippen LogP contribution < -0.4 is 0 Å². The van der Waals surface area contributed by atoms with Crippen LogP contribution in [0.25, 0.3) is 22.2 Å². The van der Waals surface area contributed by atoms with Crippen LogP contribution in [-0.2, 0) is 6.18 Å². The largest absolute Gasteiger partial charge is 0.419 e. The van der Waals surface area contributed by atoms with E-state index < -0.39 is 39.1 Å². The number of carbonyl (C=O) groups excluding carboxylic acids is 1. The van der Waals surface area contributed by atoms with Gasteiger partial charge in [0, 0.05) is 17.0 Å². The molecule has 0 saturated heterocycles. The number of aromatic nitrogens is 1. The van der Waals surface area contributed by atoms with Crippen molar-refractivity contribution in [3.8, 4) is 11.3 Å². The molecule has 0 aliphatic rings. The lowest BCUT2D eigenvalue weighted by Crippen LogP contribution is -2.09. The van der Waals surface area contributed by atoms with Gasteiger partial charge < -0.3 is 4.98 Å². The van der Waals surface area contributed by atoms with Crippen LogP contribution in [0.5, 0.6) is 0 Å². The molecule has 1 aromatic heterocycles. The van der Waals surface area contributed by atoms with E-state index in [1.807, 2.05) is 0 Å². The Morgan fingerprint density at radius 2 is 1.76 bits per heavy atom. The summed E-state index contributed by atoms with van der Waals surface area (Å²) >= 11 is 0. The van der Waals surface area contributed by atoms with E-state index >= 15 is 0 Å². The lowest BCUT2D eigenvalue weighted by atomic mass is 9.98. The quantitative estimate of drug-likeness (QED) is 0.413. The Balaban J connectivity index is 2.51. The molecular formula is C17H11F3N2O3. The Morgan fingerprint density at radius 3 is 2.28 bits per heavy atom. The van der Waals surface area contributed by atoms with Crippen LogP contribution in [0.2, 0.25) is 0 Å². The number of alkyl halides is 3. The second kappa shape index (κ2) is 5.73. The van der Waals surface area contributed by atoms with Gasteiger partial charge in [0.25, 0.3) is 5.69 Å². The van der Waals surface area contributed by atoms with Gasteiger partial charge in [0.2, 0.25) is 0 Å². The van der Waals surface area contributed by atoms with Crippen molar-refractivity contribution in [2.75, 3.05) is 0 Å². The number of rotatable bonds is 3. The van der Waals surface area contributed by atoms with Crippen LogP contribution in [0.15, 0.2) is 42.5 Å². The molecule has 0 unspecified atom stereocenters. The molecule has 1 N–H and O–H groups in total. The van der Waals surface area contributed by atoms with Gasteiger partial charge in [-0.05, 0) is 18.6 Å². The topological polar surface area (TPSA) is 76.0 Å². The van der Waals surface area contributed by atoms with Crippen LogP contribution in [0, 0.1) is 10.1 Å². The first kappa shape index (κ1) is 16.7. The Labute approximate surface area is 139 Å². The summed E-state index contributed by atoms with van der Waals surface area (Å²) in [4.78, 5) is 24.9. The third-order valence-corrected chi connectivity index (χ3v) is 3.84. The average molecular weight is 348 g/mol.